The second-order valence-corrected chi connectivity index (χ2v) is 7.52. The number of nitrogens with one attached hydrogen (secondary N) is 2. The number of aryl methyl sites for hydroxylation is 2. The van der Waals surface area contributed by atoms with Crippen LogP contribution in [0.5, 0.6) is 0 Å². The van der Waals surface area contributed by atoms with Crippen molar-refractivity contribution in [2.24, 2.45) is 7.05 Å². The van der Waals surface area contributed by atoms with Gasteiger partial charge in [0.25, 0.3) is 5.91 Å². The first-order chi connectivity index (χ1) is 10.7. The van der Waals surface area contributed by atoms with E-state index in [1.54, 1.807) is 29.0 Å². The van der Waals surface area contributed by atoms with Crippen molar-refractivity contribution in [2.75, 3.05) is 6.54 Å². The van der Waals surface area contributed by atoms with E-state index in [-0.39, 0.29) is 23.9 Å². The van der Waals surface area contributed by atoms with Crippen molar-refractivity contribution in [3.63, 3.8) is 0 Å². The van der Waals surface area contributed by atoms with Crippen LogP contribution in [0.2, 0.25) is 0 Å². The summed E-state index contributed by atoms with van der Waals surface area (Å²) in [6.45, 7) is 7.58. The molecule has 0 saturated carbocycles. The van der Waals surface area contributed by atoms with Gasteiger partial charge in [-0.05, 0) is 33.8 Å². The van der Waals surface area contributed by atoms with Gasteiger partial charge in [0.15, 0.2) is 0 Å². The van der Waals surface area contributed by atoms with Gasteiger partial charge in [-0.1, -0.05) is 0 Å². The van der Waals surface area contributed by atoms with Crippen LogP contribution in [0.3, 0.4) is 0 Å². The van der Waals surface area contributed by atoms with Crippen LogP contribution in [0.4, 0.5) is 0 Å². The highest BCUT2D eigenvalue weighted by Gasteiger charge is 2.17. The van der Waals surface area contributed by atoms with Crippen molar-refractivity contribution in [2.45, 2.75) is 33.2 Å². The highest BCUT2D eigenvalue weighted by atomic mass is 32.1. The fourth-order valence-electron chi connectivity index (χ4n) is 2.14. The zero-order chi connectivity index (χ0) is 17.2. The zero-order valence-corrected chi connectivity index (χ0v) is 14.9. The summed E-state index contributed by atoms with van der Waals surface area (Å²) >= 11 is 1.57. The fraction of sp³-hybridized carbons (Fsp3) is 0.438. The van der Waals surface area contributed by atoms with Gasteiger partial charge < -0.3 is 15.2 Å². The maximum atomic E-state index is 12.3. The zero-order valence-electron chi connectivity index (χ0n) is 14.1. The minimum Gasteiger partial charge on any atom is -0.350 e. The van der Waals surface area contributed by atoms with Gasteiger partial charge >= 0.3 is 0 Å². The molecule has 7 heteroatoms. The smallest absolute Gasteiger partial charge is 0.268 e. The Kier molecular flexibility index (Phi) is 4.89. The lowest BCUT2D eigenvalue weighted by atomic mass is 10.1. The molecule has 0 spiro atoms. The number of aromatic nitrogens is 2. The topological polar surface area (TPSA) is 76.0 Å². The highest BCUT2D eigenvalue weighted by Crippen LogP contribution is 2.23. The van der Waals surface area contributed by atoms with E-state index in [4.69, 9.17) is 0 Å². The van der Waals surface area contributed by atoms with Crippen molar-refractivity contribution in [1.29, 1.82) is 0 Å². The third-order valence-electron chi connectivity index (χ3n) is 3.08. The molecular formula is C16H22N4O2S. The van der Waals surface area contributed by atoms with Crippen LogP contribution in [-0.4, -0.2) is 33.4 Å². The van der Waals surface area contributed by atoms with E-state index in [0.717, 1.165) is 16.3 Å². The first-order valence-electron chi connectivity index (χ1n) is 7.34. The first-order valence-corrected chi connectivity index (χ1v) is 8.22. The van der Waals surface area contributed by atoms with Crippen LogP contribution < -0.4 is 10.6 Å². The molecule has 0 aliphatic rings. The number of hydrogen-bond donors (Lipinski definition) is 2. The van der Waals surface area contributed by atoms with Crippen LogP contribution in [0, 0.1) is 6.92 Å². The van der Waals surface area contributed by atoms with Gasteiger partial charge in [-0.15, -0.1) is 11.3 Å². The molecule has 0 unspecified atom stereocenters. The quantitative estimate of drug-likeness (QED) is 0.899. The van der Waals surface area contributed by atoms with Gasteiger partial charge in [0.2, 0.25) is 5.91 Å². The van der Waals surface area contributed by atoms with Crippen LogP contribution >= 0.6 is 11.3 Å². The van der Waals surface area contributed by atoms with Crippen molar-refractivity contribution < 1.29 is 9.59 Å². The lowest BCUT2D eigenvalue weighted by molar-refractivity contribution is -0.121. The molecule has 2 aromatic rings. The minimum absolute atomic E-state index is 0.0492. The predicted octanol–water partition coefficient (Wildman–Crippen LogP) is 2.10. The summed E-state index contributed by atoms with van der Waals surface area (Å²) in [6, 6.07) is 1.78. The van der Waals surface area contributed by atoms with Gasteiger partial charge in [0, 0.05) is 29.7 Å². The van der Waals surface area contributed by atoms with Crippen LogP contribution in [-0.2, 0) is 11.8 Å². The number of carbonyl (C=O) groups excluding carboxylic acids is 2. The molecule has 0 aliphatic carbocycles. The molecule has 0 saturated heterocycles. The maximum Gasteiger partial charge on any atom is 0.268 e. The Bertz CT molecular complexity index is 725. The van der Waals surface area contributed by atoms with Gasteiger partial charge in [-0.2, -0.15) is 0 Å². The molecular weight excluding hydrogens is 312 g/mol. The molecule has 2 N–H and O–H groups in total. The number of rotatable bonds is 4. The lowest BCUT2D eigenvalue weighted by Crippen LogP contribution is -2.46. The SMILES string of the molecule is Cc1nc(-c2cc(C(=O)NCC(=O)NC(C)(C)C)n(C)c2)cs1. The molecule has 2 amide bonds. The van der Waals surface area contributed by atoms with Crippen LogP contribution in [0.15, 0.2) is 17.6 Å². The summed E-state index contributed by atoms with van der Waals surface area (Å²) in [5.41, 5.74) is 1.92. The van der Waals surface area contributed by atoms with Crippen molar-refractivity contribution in [3.8, 4) is 11.3 Å². The van der Waals surface area contributed by atoms with E-state index in [1.807, 2.05) is 39.3 Å². The average Bonchev–Trinajstić information content (AvgIpc) is 3.00. The number of thiazole rings is 1. The lowest BCUT2D eigenvalue weighted by Gasteiger charge is -2.20. The second kappa shape index (κ2) is 6.54. The Balaban J connectivity index is 2.03. The van der Waals surface area contributed by atoms with Gasteiger partial charge in [-0.25, -0.2) is 4.98 Å². The number of hydrogen-bond acceptors (Lipinski definition) is 4. The van der Waals surface area contributed by atoms with E-state index in [2.05, 4.69) is 15.6 Å². The van der Waals surface area contributed by atoms with Gasteiger partial charge in [-0.3, -0.25) is 9.59 Å². The van der Waals surface area contributed by atoms with E-state index < -0.39 is 0 Å². The Morgan fingerprint density at radius 2 is 2.04 bits per heavy atom. The molecule has 0 bridgehead atoms. The molecule has 124 valence electrons. The molecule has 0 aromatic carbocycles. The van der Waals surface area contributed by atoms with Crippen LogP contribution in [0.1, 0.15) is 36.3 Å². The minimum atomic E-state index is -0.317. The molecule has 0 fully saturated rings. The number of carbonyl (C=O) groups is 2. The van der Waals surface area contributed by atoms with E-state index >= 15 is 0 Å². The Labute approximate surface area is 139 Å². The van der Waals surface area contributed by atoms with E-state index in [0.29, 0.717) is 5.69 Å². The standard InChI is InChI=1S/C16H22N4O2S/c1-10-18-12(9-23-10)11-6-13(20(5)8-11)15(22)17-7-14(21)19-16(2,3)4/h6,8-9H,7H2,1-5H3,(H,17,22)(H,19,21). The summed E-state index contributed by atoms with van der Waals surface area (Å²) in [5, 5.41) is 8.39. The summed E-state index contributed by atoms with van der Waals surface area (Å²) in [7, 11) is 1.80. The largest absolute Gasteiger partial charge is 0.350 e. The molecule has 2 heterocycles. The molecule has 2 rings (SSSR count). The summed E-state index contributed by atoms with van der Waals surface area (Å²) in [5.74, 6) is -0.495. The second-order valence-electron chi connectivity index (χ2n) is 6.46. The third-order valence-corrected chi connectivity index (χ3v) is 3.85. The Hall–Kier alpha value is -2.15. The highest BCUT2D eigenvalue weighted by molar-refractivity contribution is 7.09. The Morgan fingerprint density at radius 1 is 1.35 bits per heavy atom. The monoisotopic (exact) mass is 334 g/mol. The third kappa shape index (κ3) is 4.66. The summed E-state index contributed by atoms with van der Waals surface area (Å²) in [6.07, 6.45) is 1.86. The van der Waals surface area contributed by atoms with Crippen molar-refractivity contribution >= 4 is 23.2 Å². The molecule has 0 aliphatic heterocycles. The predicted molar refractivity (Wildman–Crippen MR) is 91.5 cm³/mol. The number of amides is 2. The fourth-order valence-corrected chi connectivity index (χ4v) is 2.76. The molecule has 23 heavy (non-hydrogen) atoms. The number of nitrogens with zero attached hydrogens (tertiary/aromatic N) is 2. The average molecular weight is 334 g/mol. The molecule has 6 nitrogen and oxygen atoms in total. The van der Waals surface area contributed by atoms with E-state index in [1.165, 1.54) is 0 Å². The Morgan fingerprint density at radius 3 is 2.61 bits per heavy atom. The van der Waals surface area contributed by atoms with Gasteiger partial charge in [0.05, 0.1) is 17.2 Å². The van der Waals surface area contributed by atoms with E-state index in [9.17, 15) is 9.59 Å². The van der Waals surface area contributed by atoms with Crippen LogP contribution in [0.25, 0.3) is 11.3 Å². The molecule has 2 aromatic heterocycles. The molecule has 0 atom stereocenters. The van der Waals surface area contributed by atoms with Crippen molar-refractivity contribution in [1.82, 2.24) is 20.2 Å². The summed E-state index contributed by atoms with van der Waals surface area (Å²) in [4.78, 5) is 28.4. The molecule has 0 radical (unpaired) electrons. The van der Waals surface area contributed by atoms with Crippen molar-refractivity contribution in [3.05, 3.63) is 28.3 Å². The maximum absolute atomic E-state index is 12.3. The summed E-state index contributed by atoms with van der Waals surface area (Å²) < 4.78 is 1.74. The normalized spacial score (nSPS) is 11.3. The first kappa shape index (κ1) is 17.2. The van der Waals surface area contributed by atoms with Gasteiger partial charge in [0.1, 0.15) is 5.69 Å².